The lowest BCUT2D eigenvalue weighted by Crippen LogP contribution is -2.53. The highest BCUT2D eigenvalue weighted by molar-refractivity contribution is 5.99. The molecule has 0 radical (unpaired) electrons. The molecular weight excluding hydrogens is 320 g/mol. The zero-order valence-corrected chi connectivity index (χ0v) is 14.8. The third-order valence-electron chi connectivity index (χ3n) is 7.84. The number of fused-ring (bicyclic) bond motifs is 5. The maximum atomic E-state index is 13.2. The fourth-order valence-corrected chi connectivity index (χ4v) is 6.81. The van der Waals surface area contributed by atoms with E-state index in [1.165, 1.54) is 0 Å². The SMILES string of the molecule is C=C1CCC2OC(=O)C(C)=C2C2C1C13OC1(CC(C)C3=O)C1OC21C. The van der Waals surface area contributed by atoms with Crippen LogP contribution in [0.4, 0.5) is 0 Å². The number of carbonyl (C=O) groups excluding carboxylic acids is 2. The van der Waals surface area contributed by atoms with Gasteiger partial charge in [0.2, 0.25) is 0 Å². The molecule has 6 aliphatic rings. The summed E-state index contributed by atoms with van der Waals surface area (Å²) >= 11 is 0. The van der Waals surface area contributed by atoms with Crippen LogP contribution in [0.2, 0.25) is 0 Å². The van der Waals surface area contributed by atoms with E-state index in [1.807, 2.05) is 13.8 Å². The Morgan fingerprint density at radius 3 is 2.76 bits per heavy atom. The number of epoxide rings is 2. The van der Waals surface area contributed by atoms with E-state index in [9.17, 15) is 9.59 Å². The van der Waals surface area contributed by atoms with Gasteiger partial charge in [-0.1, -0.05) is 19.1 Å². The van der Waals surface area contributed by atoms with Crippen molar-refractivity contribution >= 4 is 11.8 Å². The quantitative estimate of drug-likeness (QED) is 0.383. The maximum Gasteiger partial charge on any atom is 0.334 e. The molecule has 25 heavy (non-hydrogen) atoms. The zero-order chi connectivity index (χ0) is 17.5. The Morgan fingerprint density at radius 1 is 1.24 bits per heavy atom. The van der Waals surface area contributed by atoms with Gasteiger partial charge in [0.05, 0.1) is 0 Å². The standard InChI is InChI=1S/C20H22O5/c1-8-5-6-11-12(10(3)16(22)23-11)14-13(8)20-15(21)9(2)7-19(20,25-20)17-18(14,4)24-17/h9,11,13-14,17H,1,5-7H2,2-4H3. The molecule has 5 nitrogen and oxygen atoms in total. The molecule has 132 valence electrons. The van der Waals surface area contributed by atoms with Crippen LogP contribution >= 0.6 is 0 Å². The van der Waals surface area contributed by atoms with Gasteiger partial charge in [-0.15, -0.1) is 0 Å². The van der Waals surface area contributed by atoms with Crippen molar-refractivity contribution in [1.29, 1.82) is 0 Å². The molecule has 2 saturated heterocycles. The molecule has 3 aliphatic heterocycles. The third-order valence-corrected chi connectivity index (χ3v) is 7.84. The smallest absolute Gasteiger partial charge is 0.334 e. The third kappa shape index (κ3) is 1.27. The minimum atomic E-state index is -0.789. The van der Waals surface area contributed by atoms with Gasteiger partial charge in [-0.05, 0) is 38.7 Å². The van der Waals surface area contributed by atoms with Gasteiger partial charge in [0.15, 0.2) is 11.4 Å². The van der Waals surface area contributed by atoms with Crippen LogP contribution < -0.4 is 0 Å². The largest absolute Gasteiger partial charge is 0.454 e. The molecule has 8 atom stereocenters. The van der Waals surface area contributed by atoms with E-state index in [2.05, 4.69) is 13.5 Å². The van der Waals surface area contributed by atoms with Crippen LogP contribution in [0.1, 0.15) is 40.0 Å². The molecule has 8 unspecified atom stereocenters. The molecule has 6 rings (SSSR count). The van der Waals surface area contributed by atoms with Gasteiger partial charge >= 0.3 is 5.97 Å². The van der Waals surface area contributed by atoms with Crippen LogP contribution in [0.25, 0.3) is 0 Å². The predicted octanol–water partition coefficient (Wildman–Crippen LogP) is 2.10. The summed E-state index contributed by atoms with van der Waals surface area (Å²) in [5.41, 5.74) is 1.11. The molecule has 3 saturated carbocycles. The fourth-order valence-electron chi connectivity index (χ4n) is 6.81. The van der Waals surface area contributed by atoms with Crippen molar-refractivity contribution in [1.82, 2.24) is 0 Å². The average molecular weight is 342 g/mol. The van der Waals surface area contributed by atoms with Crippen molar-refractivity contribution in [2.75, 3.05) is 0 Å². The number of hydrogen-bond donors (Lipinski definition) is 0. The van der Waals surface area contributed by atoms with Crippen molar-refractivity contribution in [3.63, 3.8) is 0 Å². The zero-order valence-electron chi connectivity index (χ0n) is 14.8. The van der Waals surface area contributed by atoms with Crippen molar-refractivity contribution in [3.8, 4) is 0 Å². The van der Waals surface area contributed by atoms with E-state index < -0.39 is 16.8 Å². The molecule has 0 aromatic rings. The number of ether oxygens (including phenoxy) is 3. The highest BCUT2D eigenvalue weighted by atomic mass is 16.7. The van der Waals surface area contributed by atoms with Crippen LogP contribution in [0.5, 0.6) is 0 Å². The van der Waals surface area contributed by atoms with E-state index in [4.69, 9.17) is 14.2 Å². The fraction of sp³-hybridized carbons (Fsp3) is 0.700. The molecule has 0 amide bonds. The molecule has 0 aromatic heterocycles. The summed E-state index contributed by atoms with van der Waals surface area (Å²) in [6.07, 6.45) is 1.94. The molecular formula is C20H22O5. The molecule has 0 bridgehead atoms. The highest BCUT2D eigenvalue weighted by Crippen LogP contribution is 2.79. The normalized spacial score (nSPS) is 57.9. The van der Waals surface area contributed by atoms with Crippen molar-refractivity contribution in [2.45, 2.75) is 69.0 Å². The molecule has 5 heteroatoms. The average Bonchev–Trinajstić information content (AvgIpc) is 3.39. The maximum absolute atomic E-state index is 13.2. The van der Waals surface area contributed by atoms with Crippen LogP contribution in [0.15, 0.2) is 23.3 Å². The van der Waals surface area contributed by atoms with Crippen LogP contribution in [0, 0.1) is 17.8 Å². The van der Waals surface area contributed by atoms with Crippen LogP contribution in [-0.4, -0.2) is 40.8 Å². The molecule has 0 spiro atoms. The first-order chi connectivity index (χ1) is 11.8. The Labute approximate surface area is 146 Å². The van der Waals surface area contributed by atoms with Crippen molar-refractivity contribution in [3.05, 3.63) is 23.3 Å². The number of rotatable bonds is 0. The second-order valence-corrected chi connectivity index (χ2v) is 9.00. The number of carbonyl (C=O) groups is 2. The van der Waals surface area contributed by atoms with Gasteiger partial charge in [0, 0.05) is 23.3 Å². The monoisotopic (exact) mass is 342 g/mol. The summed E-state index contributed by atoms with van der Waals surface area (Å²) < 4.78 is 18.2. The van der Waals surface area contributed by atoms with Gasteiger partial charge < -0.3 is 14.2 Å². The molecule has 5 fully saturated rings. The first-order valence-corrected chi connectivity index (χ1v) is 9.29. The van der Waals surface area contributed by atoms with Crippen LogP contribution in [0.3, 0.4) is 0 Å². The lowest BCUT2D eigenvalue weighted by molar-refractivity contribution is -0.140. The van der Waals surface area contributed by atoms with E-state index >= 15 is 0 Å². The Balaban J connectivity index is 1.60. The van der Waals surface area contributed by atoms with Gasteiger partial charge in [-0.25, -0.2) is 4.79 Å². The molecule has 0 aromatic carbocycles. The van der Waals surface area contributed by atoms with Gasteiger partial charge in [0.25, 0.3) is 0 Å². The van der Waals surface area contributed by atoms with E-state index in [1.54, 1.807) is 0 Å². The summed E-state index contributed by atoms with van der Waals surface area (Å²) in [6, 6.07) is 0. The van der Waals surface area contributed by atoms with E-state index in [0.29, 0.717) is 5.57 Å². The van der Waals surface area contributed by atoms with Gasteiger partial charge in [-0.3, -0.25) is 4.79 Å². The Hall–Kier alpha value is -1.46. The highest BCUT2D eigenvalue weighted by Gasteiger charge is 2.95. The second-order valence-electron chi connectivity index (χ2n) is 9.00. The van der Waals surface area contributed by atoms with E-state index in [-0.39, 0.29) is 41.7 Å². The van der Waals surface area contributed by atoms with Gasteiger partial charge in [-0.2, -0.15) is 0 Å². The number of ketones is 1. The van der Waals surface area contributed by atoms with Gasteiger partial charge in [0.1, 0.15) is 23.4 Å². The van der Waals surface area contributed by atoms with Crippen molar-refractivity contribution < 1.29 is 23.8 Å². The summed E-state index contributed by atoms with van der Waals surface area (Å²) in [4.78, 5) is 25.4. The second kappa shape index (κ2) is 3.79. The Kier molecular flexibility index (Phi) is 2.23. The Bertz CT molecular complexity index is 826. The minimum absolute atomic E-state index is 0.00987. The molecule has 3 aliphatic carbocycles. The Morgan fingerprint density at radius 2 is 2.00 bits per heavy atom. The van der Waals surface area contributed by atoms with E-state index in [0.717, 1.165) is 30.4 Å². The predicted molar refractivity (Wildman–Crippen MR) is 86.5 cm³/mol. The lowest BCUT2D eigenvalue weighted by Gasteiger charge is -2.38. The topological polar surface area (TPSA) is 68.4 Å². The summed E-state index contributed by atoms with van der Waals surface area (Å²) in [6.45, 7) is 10.3. The first-order valence-electron chi connectivity index (χ1n) is 9.29. The lowest BCUT2D eigenvalue weighted by atomic mass is 9.59. The summed E-state index contributed by atoms with van der Waals surface area (Å²) in [5, 5.41) is 0. The van der Waals surface area contributed by atoms with Crippen LogP contribution in [-0.2, 0) is 23.8 Å². The number of hydrogen-bond acceptors (Lipinski definition) is 5. The minimum Gasteiger partial charge on any atom is -0.454 e. The first kappa shape index (κ1) is 14.7. The summed E-state index contributed by atoms with van der Waals surface area (Å²) in [7, 11) is 0. The number of esters is 1. The molecule has 0 N–H and O–H groups in total. The summed E-state index contributed by atoms with van der Waals surface area (Å²) in [5.74, 6) is -0.219. The molecule has 3 heterocycles. The van der Waals surface area contributed by atoms with Crippen molar-refractivity contribution in [2.24, 2.45) is 17.8 Å². The number of Topliss-reactive ketones (excluding diaryl/α,β-unsaturated/α-hetero) is 1.